The van der Waals surface area contributed by atoms with Crippen molar-refractivity contribution < 1.29 is 24.0 Å². The number of hydrogen-bond donors (Lipinski definition) is 2. The van der Waals surface area contributed by atoms with Gasteiger partial charge in [-0.2, -0.15) is 10.2 Å². The molecule has 18 nitrogen and oxygen atoms in total. The van der Waals surface area contributed by atoms with Crippen LogP contribution in [0.5, 0.6) is 11.5 Å². The van der Waals surface area contributed by atoms with Gasteiger partial charge in [-0.25, -0.2) is 0 Å². The number of methoxy groups -OCH3 is 2. The SMILES string of the molecule is COc1cc(N=Nc2ccc([N+](=O)[O-])cc2)c(OC)cc1N=Nc1ccc(N(C)CCCC(=O)NCCNC(=O)c2ccc(-c3nnc(C)nn3)cc2)cc1. The first-order valence-corrected chi connectivity index (χ1v) is 17.0. The third kappa shape index (κ3) is 11.1. The molecule has 5 rings (SSSR count). The lowest BCUT2D eigenvalue weighted by Crippen LogP contribution is -2.34. The molecular formula is C37H38N12O6. The number of nitrogens with one attached hydrogen (secondary N) is 2. The molecule has 55 heavy (non-hydrogen) atoms. The maximum atomic E-state index is 12.5. The fourth-order valence-corrected chi connectivity index (χ4v) is 5.00. The summed E-state index contributed by atoms with van der Waals surface area (Å²) >= 11 is 0. The Morgan fingerprint density at radius 3 is 1.85 bits per heavy atom. The number of aryl methyl sites for hydroxylation is 1. The first-order chi connectivity index (χ1) is 26.6. The van der Waals surface area contributed by atoms with E-state index in [0.29, 0.717) is 83.0 Å². The van der Waals surface area contributed by atoms with Gasteiger partial charge in [0.05, 0.1) is 30.5 Å². The average molecular weight is 747 g/mol. The summed E-state index contributed by atoms with van der Waals surface area (Å²) in [6, 6.07) is 23.2. The first-order valence-electron chi connectivity index (χ1n) is 17.0. The van der Waals surface area contributed by atoms with E-state index in [1.807, 2.05) is 36.2 Å². The maximum absolute atomic E-state index is 12.5. The number of ether oxygens (including phenoxy) is 2. The summed E-state index contributed by atoms with van der Waals surface area (Å²) in [6.45, 7) is 2.94. The van der Waals surface area contributed by atoms with Crippen molar-refractivity contribution in [1.82, 2.24) is 31.0 Å². The molecule has 2 amide bonds. The molecule has 0 aliphatic rings. The number of rotatable bonds is 17. The number of azo groups is 2. The number of anilines is 1. The number of non-ortho nitro benzene ring substituents is 1. The summed E-state index contributed by atoms with van der Waals surface area (Å²) in [5, 5.41) is 49.4. The Balaban J connectivity index is 1.04. The number of carbonyl (C=O) groups excluding carboxylic acids is 2. The zero-order valence-electron chi connectivity index (χ0n) is 30.5. The molecule has 0 aliphatic carbocycles. The highest BCUT2D eigenvalue weighted by Crippen LogP contribution is 2.41. The molecule has 18 heteroatoms. The van der Waals surface area contributed by atoms with Gasteiger partial charge >= 0.3 is 0 Å². The lowest BCUT2D eigenvalue weighted by Gasteiger charge is -2.19. The minimum Gasteiger partial charge on any atom is -0.494 e. The first kappa shape index (κ1) is 39.0. The number of carbonyl (C=O) groups is 2. The van der Waals surface area contributed by atoms with Gasteiger partial charge < -0.3 is 25.0 Å². The molecule has 0 atom stereocenters. The lowest BCUT2D eigenvalue weighted by molar-refractivity contribution is -0.384. The molecule has 0 spiro atoms. The number of nitrogens with zero attached hydrogens (tertiary/aromatic N) is 10. The molecule has 0 fully saturated rings. The number of nitro benzene ring substituents is 1. The lowest BCUT2D eigenvalue weighted by atomic mass is 10.1. The second-order valence-electron chi connectivity index (χ2n) is 11.9. The molecule has 5 aromatic rings. The molecule has 0 bridgehead atoms. The molecule has 1 heterocycles. The normalized spacial score (nSPS) is 11.1. The fourth-order valence-electron chi connectivity index (χ4n) is 5.00. The van der Waals surface area contributed by atoms with E-state index in [4.69, 9.17) is 9.47 Å². The van der Waals surface area contributed by atoms with Gasteiger partial charge in [-0.05, 0) is 61.9 Å². The van der Waals surface area contributed by atoms with Crippen molar-refractivity contribution in [3.63, 3.8) is 0 Å². The van der Waals surface area contributed by atoms with Crippen LogP contribution in [-0.4, -0.2) is 78.0 Å². The second-order valence-corrected chi connectivity index (χ2v) is 11.9. The van der Waals surface area contributed by atoms with E-state index in [-0.39, 0.29) is 24.0 Å². The van der Waals surface area contributed by atoms with Crippen molar-refractivity contribution in [3.8, 4) is 22.9 Å². The third-order valence-electron chi connectivity index (χ3n) is 7.99. The zero-order chi connectivity index (χ0) is 39.2. The summed E-state index contributed by atoms with van der Waals surface area (Å²) in [5.74, 6) is 1.26. The van der Waals surface area contributed by atoms with Crippen LogP contribution in [-0.2, 0) is 4.79 Å². The summed E-state index contributed by atoms with van der Waals surface area (Å²) < 4.78 is 11.0. The summed E-state index contributed by atoms with van der Waals surface area (Å²) in [4.78, 5) is 37.3. The smallest absolute Gasteiger partial charge is 0.269 e. The number of benzene rings is 4. The van der Waals surface area contributed by atoms with Crippen molar-refractivity contribution in [2.24, 2.45) is 20.5 Å². The molecule has 1 aromatic heterocycles. The van der Waals surface area contributed by atoms with Crippen molar-refractivity contribution in [3.05, 3.63) is 106 Å². The molecule has 0 unspecified atom stereocenters. The van der Waals surface area contributed by atoms with Gasteiger partial charge in [0.15, 0.2) is 5.82 Å². The Kier molecular flexibility index (Phi) is 13.5. The number of nitro groups is 1. The third-order valence-corrected chi connectivity index (χ3v) is 7.99. The van der Waals surface area contributed by atoms with E-state index in [0.717, 1.165) is 5.69 Å². The van der Waals surface area contributed by atoms with Crippen molar-refractivity contribution >= 4 is 45.9 Å². The van der Waals surface area contributed by atoms with E-state index < -0.39 is 4.92 Å². The highest BCUT2D eigenvalue weighted by Gasteiger charge is 2.13. The van der Waals surface area contributed by atoms with Gasteiger partial charge in [-0.3, -0.25) is 19.7 Å². The molecule has 0 saturated carbocycles. The van der Waals surface area contributed by atoms with Gasteiger partial charge in [0.2, 0.25) is 11.7 Å². The molecule has 4 aromatic carbocycles. The van der Waals surface area contributed by atoms with Crippen LogP contribution in [0.4, 0.5) is 34.1 Å². The zero-order valence-corrected chi connectivity index (χ0v) is 30.5. The van der Waals surface area contributed by atoms with E-state index in [1.165, 1.54) is 38.5 Å². The Bertz CT molecular complexity index is 2140. The highest BCUT2D eigenvalue weighted by molar-refractivity contribution is 5.94. The molecule has 0 radical (unpaired) electrons. The predicted molar refractivity (Wildman–Crippen MR) is 203 cm³/mol. The van der Waals surface area contributed by atoms with Crippen LogP contribution in [0.15, 0.2) is 105 Å². The fraction of sp³-hybridized carbons (Fsp3) is 0.243. The van der Waals surface area contributed by atoms with E-state index in [2.05, 4.69) is 51.5 Å². The molecule has 282 valence electrons. The van der Waals surface area contributed by atoms with Crippen LogP contribution >= 0.6 is 0 Å². The van der Waals surface area contributed by atoms with Gasteiger partial charge in [-0.1, -0.05) is 12.1 Å². The highest BCUT2D eigenvalue weighted by atomic mass is 16.6. The van der Waals surface area contributed by atoms with Crippen LogP contribution < -0.4 is 25.0 Å². The Morgan fingerprint density at radius 2 is 1.31 bits per heavy atom. The topological polar surface area (TPSA) is 224 Å². The van der Waals surface area contributed by atoms with E-state index in [9.17, 15) is 19.7 Å². The van der Waals surface area contributed by atoms with E-state index >= 15 is 0 Å². The second kappa shape index (κ2) is 19.0. The predicted octanol–water partition coefficient (Wildman–Crippen LogP) is 6.76. The minimum atomic E-state index is -0.487. The van der Waals surface area contributed by atoms with Crippen LogP contribution in [0.2, 0.25) is 0 Å². The van der Waals surface area contributed by atoms with E-state index in [1.54, 1.807) is 43.3 Å². The van der Waals surface area contributed by atoms with Gasteiger partial charge in [-0.15, -0.1) is 30.6 Å². The van der Waals surface area contributed by atoms with Gasteiger partial charge in [0.1, 0.15) is 22.9 Å². The number of hydrogen-bond acceptors (Lipinski definition) is 15. The van der Waals surface area contributed by atoms with Gasteiger partial charge in [0.25, 0.3) is 11.6 Å². The summed E-state index contributed by atoms with van der Waals surface area (Å²) in [6.07, 6.45) is 0.961. The molecule has 0 saturated heterocycles. The van der Waals surface area contributed by atoms with Crippen molar-refractivity contribution in [2.45, 2.75) is 19.8 Å². The van der Waals surface area contributed by atoms with Crippen LogP contribution in [0, 0.1) is 17.0 Å². The standard InChI is InChI=1S/C37H38N12O6/c1-24-40-46-36(47-41-24)25-7-9-26(10-8-25)37(51)39-20-19-38-35(50)6-5-21-48(2)29-15-11-27(12-16-29)42-44-31-22-34(55-4)32(23-33(31)54-3)45-43-28-13-17-30(18-14-28)49(52)53/h7-18,22-23H,5-6,19-21H2,1-4H3,(H,38,50)(H,39,51). The molecule has 0 aliphatic heterocycles. The van der Waals surface area contributed by atoms with Crippen LogP contribution in [0.3, 0.4) is 0 Å². The molecular weight excluding hydrogens is 708 g/mol. The van der Waals surface area contributed by atoms with Crippen LogP contribution in [0.1, 0.15) is 29.0 Å². The quantitative estimate of drug-likeness (QED) is 0.0437. The van der Waals surface area contributed by atoms with Crippen molar-refractivity contribution in [2.75, 3.05) is 45.8 Å². The largest absolute Gasteiger partial charge is 0.494 e. The van der Waals surface area contributed by atoms with Crippen LogP contribution in [0.25, 0.3) is 11.4 Å². The van der Waals surface area contributed by atoms with Crippen molar-refractivity contribution in [1.29, 1.82) is 0 Å². The Morgan fingerprint density at radius 1 is 0.764 bits per heavy atom. The number of aromatic nitrogens is 4. The summed E-state index contributed by atoms with van der Waals surface area (Å²) in [7, 11) is 4.92. The summed E-state index contributed by atoms with van der Waals surface area (Å²) in [5.41, 5.74) is 3.88. The monoisotopic (exact) mass is 746 g/mol. The van der Waals surface area contributed by atoms with Gasteiger partial charge in [0, 0.05) is 74.2 Å². The number of amides is 2. The molecule has 2 N–H and O–H groups in total. The average Bonchev–Trinajstić information content (AvgIpc) is 3.21. The Labute approximate surface area is 315 Å². The minimum absolute atomic E-state index is 0.0445. The Hall–Kier alpha value is -7.24. The maximum Gasteiger partial charge on any atom is 0.269 e.